The van der Waals surface area contributed by atoms with Crippen LogP contribution in [0.3, 0.4) is 0 Å². The second kappa shape index (κ2) is 8.17. The predicted molar refractivity (Wildman–Crippen MR) is 66.2 cm³/mol. The van der Waals surface area contributed by atoms with Gasteiger partial charge in [0.05, 0.1) is 25.4 Å². The minimum atomic E-state index is -1.08. The summed E-state index contributed by atoms with van der Waals surface area (Å²) in [6.07, 6.45) is 1.15. The van der Waals surface area contributed by atoms with Gasteiger partial charge >= 0.3 is 5.97 Å². The number of amides is 1. The van der Waals surface area contributed by atoms with Crippen molar-refractivity contribution < 1.29 is 24.2 Å². The summed E-state index contributed by atoms with van der Waals surface area (Å²) in [4.78, 5) is 26.0. The van der Waals surface area contributed by atoms with Crippen LogP contribution in [0.15, 0.2) is 18.3 Å². The Morgan fingerprint density at radius 2 is 2.11 bits per heavy atom. The smallest absolute Gasteiger partial charge is 0.337 e. The number of hydrogen-bond acceptors (Lipinski definition) is 5. The maximum Gasteiger partial charge on any atom is 0.337 e. The molecule has 0 fully saturated rings. The van der Waals surface area contributed by atoms with Gasteiger partial charge in [-0.05, 0) is 12.1 Å². The molecule has 104 valence electrons. The average Bonchev–Trinajstić information content (AvgIpc) is 2.42. The van der Waals surface area contributed by atoms with Crippen molar-refractivity contribution in [3.63, 3.8) is 0 Å². The second-order valence-electron chi connectivity index (χ2n) is 3.60. The molecule has 0 aliphatic carbocycles. The Hall–Kier alpha value is -1.99. The molecule has 0 unspecified atom stereocenters. The summed E-state index contributed by atoms with van der Waals surface area (Å²) in [5.41, 5.74) is 0.210. The zero-order valence-corrected chi connectivity index (χ0v) is 10.6. The monoisotopic (exact) mass is 268 g/mol. The lowest BCUT2D eigenvalue weighted by Gasteiger charge is -2.05. The Labute approximate surface area is 110 Å². The molecule has 7 nitrogen and oxygen atoms in total. The third kappa shape index (κ3) is 5.45. The standard InChI is InChI=1S/C12H16N2O5/c1-18-6-7-19-5-4-13-11(15)10-3-2-9(8-14-10)12(16)17/h2-3,8H,4-7H2,1H3,(H,13,15)(H,16,17). The third-order valence-corrected chi connectivity index (χ3v) is 2.21. The van der Waals surface area contributed by atoms with Crippen LogP contribution in [-0.2, 0) is 9.47 Å². The minimum Gasteiger partial charge on any atom is -0.478 e. The fourth-order valence-corrected chi connectivity index (χ4v) is 1.23. The Kier molecular flexibility index (Phi) is 6.48. The second-order valence-corrected chi connectivity index (χ2v) is 3.60. The van der Waals surface area contributed by atoms with E-state index in [0.29, 0.717) is 26.4 Å². The van der Waals surface area contributed by atoms with Crippen molar-refractivity contribution >= 4 is 11.9 Å². The molecule has 1 aromatic heterocycles. The van der Waals surface area contributed by atoms with Crippen LogP contribution in [0.5, 0.6) is 0 Å². The van der Waals surface area contributed by atoms with Crippen LogP contribution < -0.4 is 5.32 Å². The molecule has 0 radical (unpaired) electrons. The lowest BCUT2D eigenvalue weighted by Crippen LogP contribution is -2.28. The van der Waals surface area contributed by atoms with Crippen molar-refractivity contribution in [2.45, 2.75) is 0 Å². The number of aromatic carboxylic acids is 1. The summed E-state index contributed by atoms with van der Waals surface area (Å²) in [5, 5.41) is 11.3. The molecule has 1 heterocycles. The fraction of sp³-hybridized carbons (Fsp3) is 0.417. The molecule has 1 rings (SSSR count). The first-order valence-corrected chi connectivity index (χ1v) is 5.69. The van der Waals surface area contributed by atoms with E-state index >= 15 is 0 Å². The molecule has 0 bridgehead atoms. The highest BCUT2D eigenvalue weighted by Gasteiger charge is 2.08. The zero-order valence-electron chi connectivity index (χ0n) is 10.6. The largest absolute Gasteiger partial charge is 0.478 e. The van der Waals surface area contributed by atoms with Crippen molar-refractivity contribution in [1.82, 2.24) is 10.3 Å². The van der Waals surface area contributed by atoms with E-state index in [9.17, 15) is 9.59 Å². The SMILES string of the molecule is COCCOCCNC(=O)c1ccc(C(=O)O)cn1. The molecule has 0 saturated carbocycles. The summed E-state index contributed by atoms with van der Waals surface area (Å²) in [7, 11) is 1.58. The molecular formula is C12H16N2O5. The quantitative estimate of drug-likeness (QED) is 0.652. The number of ether oxygens (including phenoxy) is 2. The maximum atomic E-state index is 11.6. The Morgan fingerprint density at radius 3 is 2.68 bits per heavy atom. The van der Waals surface area contributed by atoms with Gasteiger partial charge < -0.3 is 19.9 Å². The summed E-state index contributed by atoms with van der Waals surface area (Å²) >= 11 is 0. The number of carbonyl (C=O) groups is 2. The molecule has 7 heteroatoms. The number of pyridine rings is 1. The normalized spacial score (nSPS) is 10.2. The molecule has 0 aliphatic rings. The Bertz CT molecular complexity index is 419. The van der Waals surface area contributed by atoms with E-state index < -0.39 is 5.97 Å². The minimum absolute atomic E-state index is 0.0412. The average molecular weight is 268 g/mol. The van der Waals surface area contributed by atoms with Crippen molar-refractivity contribution in [3.05, 3.63) is 29.6 Å². The van der Waals surface area contributed by atoms with Crippen LogP contribution in [0, 0.1) is 0 Å². The lowest BCUT2D eigenvalue weighted by molar-refractivity contribution is 0.0688. The van der Waals surface area contributed by atoms with Crippen LogP contribution >= 0.6 is 0 Å². The van der Waals surface area contributed by atoms with Crippen molar-refractivity contribution in [2.75, 3.05) is 33.5 Å². The van der Waals surface area contributed by atoms with Crippen molar-refractivity contribution in [1.29, 1.82) is 0 Å². The first-order chi connectivity index (χ1) is 9.15. The van der Waals surface area contributed by atoms with Gasteiger partial charge in [-0.3, -0.25) is 9.78 Å². The van der Waals surface area contributed by atoms with Gasteiger partial charge in [-0.2, -0.15) is 0 Å². The zero-order chi connectivity index (χ0) is 14.1. The first-order valence-electron chi connectivity index (χ1n) is 5.69. The van der Waals surface area contributed by atoms with Crippen molar-refractivity contribution in [2.24, 2.45) is 0 Å². The highest BCUT2D eigenvalue weighted by atomic mass is 16.5. The number of carboxylic acid groups (broad SMARTS) is 1. The number of methoxy groups -OCH3 is 1. The van der Waals surface area contributed by atoms with E-state index in [1.807, 2.05) is 0 Å². The predicted octanol–water partition coefficient (Wildman–Crippen LogP) is 0.173. The number of hydrogen-bond donors (Lipinski definition) is 2. The Balaban J connectivity index is 2.31. The van der Waals surface area contributed by atoms with Gasteiger partial charge in [-0.25, -0.2) is 4.79 Å². The molecule has 2 N–H and O–H groups in total. The summed E-state index contributed by atoms with van der Waals surface area (Å²) < 4.78 is 9.97. The van der Waals surface area contributed by atoms with Gasteiger partial charge in [0.25, 0.3) is 5.91 Å². The van der Waals surface area contributed by atoms with E-state index in [-0.39, 0.29) is 17.2 Å². The fourth-order valence-electron chi connectivity index (χ4n) is 1.23. The lowest BCUT2D eigenvalue weighted by atomic mass is 10.2. The highest BCUT2D eigenvalue weighted by Crippen LogP contribution is 2.00. The van der Waals surface area contributed by atoms with Crippen LogP contribution in [0.25, 0.3) is 0 Å². The number of carboxylic acids is 1. The van der Waals surface area contributed by atoms with Crippen LogP contribution in [0.1, 0.15) is 20.8 Å². The number of rotatable bonds is 8. The van der Waals surface area contributed by atoms with Gasteiger partial charge in [0.15, 0.2) is 0 Å². The third-order valence-electron chi connectivity index (χ3n) is 2.21. The number of nitrogens with one attached hydrogen (secondary N) is 1. The molecule has 1 aromatic rings. The molecule has 0 spiro atoms. The van der Waals surface area contributed by atoms with Gasteiger partial charge in [0.2, 0.25) is 0 Å². The number of carbonyl (C=O) groups excluding carboxylic acids is 1. The van der Waals surface area contributed by atoms with Crippen LogP contribution in [0.2, 0.25) is 0 Å². The van der Waals surface area contributed by atoms with Gasteiger partial charge in [0, 0.05) is 19.9 Å². The van der Waals surface area contributed by atoms with E-state index in [1.165, 1.54) is 12.1 Å². The van der Waals surface area contributed by atoms with E-state index in [2.05, 4.69) is 10.3 Å². The van der Waals surface area contributed by atoms with Gasteiger partial charge in [-0.1, -0.05) is 0 Å². The van der Waals surface area contributed by atoms with Crippen molar-refractivity contribution in [3.8, 4) is 0 Å². The highest BCUT2D eigenvalue weighted by molar-refractivity contribution is 5.93. The first kappa shape index (κ1) is 15.1. The molecule has 0 aliphatic heterocycles. The number of aromatic nitrogens is 1. The maximum absolute atomic E-state index is 11.6. The summed E-state index contributed by atoms with van der Waals surface area (Å²) in [5.74, 6) is -1.45. The molecule has 0 aromatic carbocycles. The topological polar surface area (TPSA) is 97.8 Å². The number of nitrogens with zero attached hydrogens (tertiary/aromatic N) is 1. The van der Waals surface area contributed by atoms with E-state index in [0.717, 1.165) is 6.20 Å². The summed E-state index contributed by atoms with van der Waals surface area (Å²) in [6.45, 7) is 1.71. The molecule has 0 saturated heterocycles. The van der Waals surface area contributed by atoms with Crippen LogP contribution in [0.4, 0.5) is 0 Å². The van der Waals surface area contributed by atoms with E-state index in [1.54, 1.807) is 7.11 Å². The van der Waals surface area contributed by atoms with Gasteiger partial charge in [0.1, 0.15) is 5.69 Å². The Morgan fingerprint density at radius 1 is 1.32 bits per heavy atom. The molecule has 1 amide bonds. The molecular weight excluding hydrogens is 252 g/mol. The van der Waals surface area contributed by atoms with E-state index in [4.69, 9.17) is 14.6 Å². The molecule has 19 heavy (non-hydrogen) atoms. The molecule has 0 atom stereocenters. The summed E-state index contributed by atoms with van der Waals surface area (Å²) in [6, 6.07) is 2.70. The van der Waals surface area contributed by atoms with Gasteiger partial charge in [-0.15, -0.1) is 0 Å². The van der Waals surface area contributed by atoms with Crippen LogP contribution in [-0.4, -0.2) is 55.4 Å².